The second kappa shape index (κ2) is 5.74. The minimum Gasteiger partial charge on any atom is -0.352 e. The van der Waals surface area contributed by atoms with Crippen LogP contribution in [0.4, 0.5) is 10.1 Å². The Morgan fingerprint density at radius 3 is 2.67 bits per heavy atom. The second-order valence-electron chi connectivity index (χ2n) is 4.51. The zero-order valence-electron chi connectivity index (χ0n) is 10.7. The summed E-state index contributed by atoms with van der Waals surface area (Å²) in [4.78, 5) is 20.3. The first-order valence-electron chi connectivity index (χ1n) is 6.03. The van der Waals surface area contributed by atoms with E-state index in [2.05, 4.69) is 5.32 Å². The van der Waals surface area contributed by atoms with Gasteiger partial charge >= 0.3 is 5.69 Å². The highest BCUT2D eigenvalue weighted by molar-refractivity contribution is 7.89. The summed E-state index contributed by atoms with van der Waals surface area (Å²) in [5.41, 5.74) is -1.15. The van der Waals surface area contributed by atoms with E-state index in [1.54, 1.807) is 0 Å². The Hall–Kier alpha value is -2.07. The van der Waals surface area contributed by atoms with Crippen molar-refractivity contribution in [2.24, 2.45) is 0 Å². The van der Waals surface area contributed by atoms with Gasteiger partial charge in [-0.3, -0.25) is 14.9 Å². The highest BCUT2D eigenvalue weighted by Gasteiger charge is 2.30. The lowest BCUT2D eigenvalue weighted by molar-refractivity contribution is -0.390. The number of carbonyl (C=O) groups is 1. The van der Waals surface area contributed by atoms with E-state index in [-0.39, 0.29) is 6.04 Å². The van der Waals surface area contributed by atoms with E-state index in [9.17, 15) is 27.7 Å². The Kier molecular flexibility index (Phi) is 4.19. The number of nitro groups is 1. The normalized spacial score (nSPS) is 14.7. The molecule has 1 aromatic carbocycles. The van der Waals surface area contributed by atoms with Crippen molar-refractivity contribution in [3.8, 4) is 0 Å². The van der Waals surface area contributed by atoms with Crippen molar-refractivity contribution in [3.05, 3.63) is 34.1 Å². The fourth-order valence-electron chi connectivity index (χ4n) is 1.63. The van der Waals surface area contributed by atoms with Crippen molar-refractivity contribution in [1.29, 1.82) is 0 Å². The molecule has 1 amide bonds. The maximum atomic E-state index is 13.4. The number of rotatable bonds is 6. The van der Waals surface area contributed by atoms with E-state index in [1.165, 1.54) is 0 Å². The first kappa shape index (κ1) is 15.3. The number of hydrogen-bond acceptors (Lipinski definition) is 5. The topological polar surface area (TPSA) is 118 Å². The van der Waals surface area contributed by atoms with Gasteiger partial charge < -0.3 is 5.32 Å². The monoisotopic (exact) mass is 317 g/mol. The molecule has 21 heavy (non-hydrogen) atoms. The molecule has 1 aliphatic rings. The molecule has 0 aromatic heterocycles. The second-order valence-corrected chi connectivity index (χ2v) is 6.25. The minimum atomic E-state index is -4.36. The lowest BCUT2D eigenvalue weighted by Crippen LogP contribution is -2.38. The average molecular weight is 317 g/mol. The van der Waals surface area contributed by atoms with Crippen molar-refractivity contribution in [3.63, 3.8) is 0 Å². The van der Waals surface area contributed by atoms with E-state index in [4.69, 9.17) is 0 Å². The SMILES string of the molecule is O=C(CNS(=O)(=O)c1cccc(F)c1[N+](=O)[O-])NC1CC1. The third-order valence-corrected chi connectivity index (χ3v) is 4.22. The zero-order chi connectivity index (χ0) is 15.6. The molecular formula is C11H12FN3O5S. The van der Waals surface area contributed by atoms with E-state index in [0.717, 1.165) is 31.0 Å². The minimum absolute atomic E-state index is 0.0607. The molecule has 0 aliphatic heterocycles. The molecule has 0 bridgehead atoms. The number of hydrogen-bond donors (Lipinski definition) is 2. The van der Waals surface area contributed by atoms with E-state index in [1.807, 2.05) is 4.72 Å². The van der Waals surface area contributed by atoms with Crippen molar-refractivity contribution in [1.82, 2.24) is 10.0 Å². The van der Waals surface area contributed by atoms with Gasteiger partial charge in [0.2, 0.25) is 21.7 Å². The summed E-state index contributed by atoms with van der Waals surface area (Å²) in [6.07, 6.45) is 1.68. The molecule has 1 aliphatic carbocycles. The molecule has 8 nitrogen and oxygen atoms in total. The number of amides is 1. The van der Waals surface area contributed by atoms with Crippen LogP contribution in [-0.2, 0) is 14.8 Å². The fourth-order valence-corrected chi connectivity index (χ4v) is 2.80. The van der Waals surface area contributed by atoms with Crippen LogP contribution in [0.25, 0.3) is 0 Å². The smallest absolute Gasteiger partial charge is 0.324 e. The van der Waals surface area contributed by atoms with Gasteiger partial charge in [-0.15, -0.1) is 0 Å². The van der Waals surface area contributed by atoms with Crippen LogP contribution in [0.3, 0.4) is 0 Å². The summed E-state index contributed by atoms with van der Waals surface area (Å²) in [6.45, 7) is -0.563. The Morgan fingerprint density at radius 1 is 1.43 bits per heavy atom. The van der Waals surface area contributed by atoms with Gasteiger partial charge in [0.25, 0.3) is 0 Å². The summed E-state index contributed by atoms with van der Waals surface area (Å²) >= 11 is 0. The van der Waals surface area contributed by atoms with Gasteiger partial charge in [-0.05, 0) is 25.0 Å². The Labute approximate surface area is 119 Å². The van der Waals surface area contributed by atoms with Crippen LogP contribution in [0.5, 0.6) is 0 Å². The number of halogens is 1. The summed E-state index contributed by atoms with van der Waals surface area (Å²) < 4.78 is 39.2. The molecule has 2 rings (SSSR count). The molecule has 0 unspecified atom stereocenters. The highest BCUT2D eigenvalue weighted by atomic mass is 32.2. The van der Waals surface area contributed by atoms with E-state index in [0.29, 0.717) is 0 Å². The number of benzene rings is 1. The third-order valence-electron chi connectivity index (χ3n) is 2.79. The van der Waals surface area contributed by atoms with E-state index < -0.39 is 43.8 Å². The lowest BCUT2D eigenvalue weighted by atomic mass is 10.3. The van der Waals surface area contributed by atoms with Crippen LogP contribution in [-0.4, -0.2) is 31.8 Å². The van der Waals surface area contributed by atoms with Crippen LogP contribution in [0.15, 0.2) is 23.1 Å². The first-order chi connectivity index (χ1) is 9.81. The average Bonchev–Trinajstić information content (AvgIpc) is 3.19. The summed E-state index contributed by atoms with van der Waals surface area (Å²) in [7, 11) is -4.36. The number of nitrogens with one attached hydrogen (secondary N) is 2. The zero-order valence-corrected chi connectivity index (χ0v) is 11.5. The molecule has 1 fully saturated rings. The van der Waals surface area contributed by atoms with E-state index >= 15 is 0 Å². The van der Waals surface area contributed by atoms with Gasteiger partial charge in [0.05, 0.1) is 11.5 Å². The van der Waals surface area contributed by atoms with Gasteiger partial charge in [-0.1, -0.05) is 6.07 Å². The molecule has 0 heterocycles. The van der Waals surface area contributed by atoms with Crippen LogP contribution in [0.1, 0.15) is 12.8 Å². The van der Waals surface area contributed by atoms with Crippen molar-refractivity contribution >= 4 is 21.6 Å². The van der Waals surface area contributed by atoms with Gasteiger partial charge in [0, 0.05) is 6.04 Å². The molecule has 114 valence electrons. The largest absolute Gasteiger partial charge is 0.352 e. The summed E-state index contributed by atoms with van der Waals surface area (Å²) in [5, 5.41) is 13.3. The summed E-state index contributed by atoms with van der Waals surface area (Å²) in [6, 6.07) is 2.80. The van der Waals surface area contributed by atoms with Crippen LogP contribution in [0.2, 0.25) is 0 Å². The standard InChI is InChI=1S/C11H12FN3O5S/c12-8-2-1-3-9(11(8)15(17)18)21(19,20)13-6-10(16)14-7-4-5-7/h1-3,7,13H,4-6H2,(H,14,16). The predicted molar refractivity (Wildman–Crippen MR) is 69.4 cm³/mol. The number of sulfonamides is 1. The van der Waals surface area contributed by atoms with Gasteiger partial charge in [0.1, 0.15) is 0 Å². The van der Waals surface area contributed by atoms with Crippen LogP contribution in [0, 0.1) is 15.9 Å². The van der Waals surface area contributed by atoms with Crippen molar-refractivity contribution < 1.29 is 22.5 Å². The maximum Gasteiger partial charge on any atom is 0.324 e. The maximum absolute atomic E-state index is 13.4. The lowest BCUT2D eigenvalue weighted by Gasteiger charge is -2.08. The van der Waals surface area contributed by atoms with Crippen LogP contribution < -0.4 is 10.0 Å². The molecule has 0 radical (unpaired) electrons. The number of nitro benzene ring substituents is 1. The molecule has 0 saturated heterocycles. The first-order valence-corrected chi connectivity index (χ1v) is 7.51. The molecule has 2 N–H and O–H groups in total. The Balaban J connectivity index is 2.17. The Morgan fingerprint density at radius 2 is 2.10 bits per heavy atom. The number of carbonyl (C=O) groups excluding carboxylic acids is 1. The van der Waals surface area contributed by atoms with Crippen molar-refractivity contribution in [2.45, 2.75) is 23.8 Å². The van der Waals surface area contributed by atoms with Crippen LogP contribution >= 0.6 is 0 Å². The molecule has 0 spiro atoms. The fraction of sp³-hybridized carbons (Fsp3) is 0.364. The number of nitrogens with zero attached hydrogens (tertiary/aromatic N) is 1. The summed E-state index contributed by atoms with van der Waals surface area (Å²) in [5.74, 6) is -1.80. The quantitative estimate of drug-likeness (QED) is 0.577. The third kappa shape index (κ3) is 3.73. The Bertz CT molecular complexity index is 687. The highest BCUT2D eigenvalue weighted by Crippen LogP contribution is 2.26. The van der Waals surface area contributed by atoms with Gasteiger partial charge in [-0.25, -0.2) is 13.1 Å². The van der Waals surface area contributed by atoms with Crippen molar-refractivity contribution in [2.75, 3.05) is 6.54 Å². The molecule has 0 atom stereocenters. The van der Waals surface area contributed by atoms with Gasteiger partial charge in [0.15, 0.2) is 4.90 Å². The predicted octanol–water partition coefficient (Wildman–Crippen LogP) is 0.291. The molecule has 1 saturated carbocycles. The molecular weight excluding hydrogens is 305 g/mol. The number of para-hydroxylation sites is 1. The van der Waals surface area contributed by atoms with Gasteiger partial charge in [-0.2, -0.15) is 4.39 Å². The molecule has 10 heteroatoms. The molecule has 1 aromatic rings.